The van der Waals surface area contributed by atoms with E-state index in [-0.39, 0.29) is 0 Å². The number of rotatable bonds is 12. The average molecular weight is 244 g/mol. The zero-order valence-electron chi connectivity index (χ0n) is 12.3. The molecule has 1 N–H and O–H groups in total. The first kappa shape index (κ1) is 16.9. The van der Waals surface area contributed by atoms with Gasteiger partial charge in [0, 0.05) is 32.8 Å². The molecule has 17 heavy (non-hydrogen) atoms. The lowest BCUT2D eigenvalue weighted by Crippen LogP contribution is -2.39. The van der Waals surface area contributed by atoms with Crippen LogP contribution in [0.5, 0.6) is 0 Å². The Kier molecular flexibility index (Phi) is 12.3. The predicted molar refractivity (Wildman–Crippen MR) is 75.6 cm³/mol. The quantitative estimate of drug-likeness (QED) is 0.534. The van der Waals surface area contributed by atoms with Gasteiger partial charge in [0.2, 0.25) is 0 Å². The highest BCUT2D eigenvalue weighted by atomic mass is 16.5. The Labute approximate surface area is 108 Å². The molecule has 3 heteroatoms. The maximum Gasteiger partial charge on any atom is 0.0474 e. The van der Waals surface area contributed by atoms with Gasteiger partial charge in [0.15, 0.2) is 0 Å². The van der Waals surface area contributed by atoms with Crippen LogP contribution in [-0.4, -0.2) is 50.8 Å². The molecule has 0 aliphatic heterocycles. The lowest BCUT2D eigenvalue weighted by molar-refractivity contribution is 0.188. The molecule has 0 heterocycles. The Balaban J connectivity index is 3.60. The van der Waals surface area contributed by atoms with Crippen molar-refractivity contribution in [2.24, 2.45) is 0 Å². The summed E-state index contributed by atoms with van der Waals surface area (Å²) in [4.78, 5) is 2.60. The van der Waals surface area contributed by atoms with Crippen LogP contribution in [0.25, 0.3) is 0 Å². The number of hydrogen-bond acceptors (Lipinski definition) is 3. The fourth-order valence-corrected chi connectivity index (χ4v) is 1.86. The van der Waals surface area contributed by atoms with Crippen molar-refractivity contribution in [3.63, 3.8) is 0 Å². The van der Waals surface area contributed by atoms with Crippen LogP contribution in [0, 0.1) is 0 Å². The summed E-state index contributed by atoms with van der Waals surface area (Å²) in [6.07, 6.45) is 4.95. The third kappa shape index (κ3) is 9.57. The highest BCUT2D eigenvalue weighted by Gasteiger charge is 2.10. The minimum Gasteiger partial charge on any atom is -0.385 e. The van der Waals surface area contributed by atoms with E-state index >= 15 is 0 Å². The lowest BCUT2D eigenvalue weighted by atomic mass is 10.2. The number of ether oxygens (including phenoxy) is 1. The standard InChI is InChI=1S/C14H32N2O/c1-5-7-11-16(14(3)6-2)12-10-15-9-8-13-17-4/h14-15H,5-13H2,1-4H3. The highest BCUT2D eigenvalue weighted by Crippen LogP contribution is 2.04. The number of methoxy groups -OCH3 is 1. The molecule has 104 valence electrons. The Bertz CT molecular complexity index is 153. The summed E-state index contributed by atoms with van der Waals surface area (Å²) in [5.74, 6) is 0. The summed E-state index contributed by atoms with van der Waals surface area (Å²) in [5, 5.41) is 3.48. The Hall–Kier alpha value is -0.120. The van der Waals surface area contributed by atoms with Crippen molar-refractivity contribution in [3.05, 3.63) is 0 Å². The molecule has 0 aromatic heterocycles. The molecule has 0 spiro atoms. The van der Waals surface area contributed by atoms with Gasteiger partial charge in [0.25, 0.3) is 0 Å². The van der Waals surface area contributed by atoms with Gasteiger partial charge < -0.3 is 10.1 Å². The topological polar surface area (TPSA) is 24.5 Å². The van der Waals surface area contributed by atoms with Gasteiger partial charge in [0.1, 0.15) is 0 Å². The first-order valence-electron chi connectivity index (χ1n) is 7.19. The third-order valence-electron chi connectivity index (χ3n) is 3.29. The molecular formula is C14H32N2O. The van der Waals surface area contributed by atoms with Crippen LogP contribution >= 0.6 is 0 Å². The molecule has 0 rings (SSSR count). The molecule has 3 nitrogen and oxygen atoms in total. The van der Waals surface area contributed by atoms with Gasteiger partial charge in [-0.05, 0) is 39.3 Å². The third-order valence-corrected chi connectivity index (χ3v) is 3.29. The number of nitrogens with zero attached hydrogens (tertiary/aromatic N) is 1. The van der Waals surface area contributed by atoms with Crippen LogP contribution < -0.4 is 5.32 Å². The Morgan fingerprint density at radius 1 is 1.12 bits per heavy atom. The largest absolute Gasteiger partial charge is 0.385 e. The second-order valence-electron chi connectivity index (χ2n) is 4.74. The average Bonchev–Trinajstić information content (AvgIpc) is 2.36. The summed E-state index contributed by atoms with van der Waals surface area (Å²) >= 11 is 0. The van der Waals surface area contributed by atoms with Crippen LogP contribution in [0.3, 0.4) is 0 Å². The maximum atomic E-state index is 5.03. The SMILES string of the molecule is CCCCN(CCNCCCOC)C(C)CC. The molecule has 0 saturated carbocycles. The van der Waals surface area contributed by atoms with Crippen LogP contribution in [0.15, 0.2) is 0 Å². The molecule has 0 aromatic rings. The summed E-state index contributed by atoms with van der Waals surface area (Å²) in [7, 11) is 1.76. The van der Waals surface area contributed by atoms with Gasteiger partial charge in [-0.2, -0.15) is 0 Å². The number of nitrogens with one attached hydrogen (secondary N) is 1. The smallest absolute Gasteiger partial charge is 0.0474 e. The molecule has 1 atom stereocenters. The lowest BCUT2D eigenvalue weighted by Gasteiger charge is -2.28. The molecule has 0 aromatic carbocycles. The van der Waals surface area contributed by atoms with E-state index in [0.717, 1.165) is 26.1 Å². The Morgan fingerprint density at radius 2 is 1.88 bits per heavy atom. The van der Waals surface area contributed by atoms with Gasteiger partial charge in [0.05, 0.1) is 0 Å². The van der Waals surface area contributed by atoms with Crippen molar-refractivity contribution >= 4 is 0 Å². The minimum atomic E-state index is 0.710. The second kappa shape index (κ2) is 12.3. The van der Waals surface area contributed by atoms with Gasteiger partial charge >= 0.3 is 0 Å². The minimum absolute atomic E-state index is 0.710. The number of hydrogen-bond donors (Lipinski definition) is 1. The van der Waals surface area contributed by atoms with E-state index < -0.39 is 0 Å². The zero-order valence-corrected chi connectivity index (χ0v) is 12.3. The fraction of sp³-hybridized carbons (Fsp3) is 1.00. The van der Waals surface area contributed by atoms with Crippen molar-refractivity contribution < 1.29 is 4.74 Å². The normalized spacial score (nSPS) is 13.2. The van der Waals surface area contributed by atoms with Gasteiger partial charge in [-0.15, -0.1) is 0 Å². The molecule has 0 fully saturated rings. The fourth-order valence-electron chi connectivity index (χ4n) is 1.86. The summed E-state index contributed by atoms with van der Waals surface area (Å²) in [5.41, 5.74) is 0. The first-order valence-corrected chi connectivity index (χ1v) is 7.19. The maximum absolute atomic E-state index is 5.03. The van der Waals surface area contributed by atoms with Crippen molar-refractivity contribution in [1.82, 2.24) is 10.2 Å². The molecule has 0 amide bonds. The highest BCUT2D eigenvalue weighted by molar-refractivity contribution is 4.67. The second-order valence-corrected chi connectivity index (χ2v) is 4.74. The molecule has 0 aliphatic rings. The molecule has 0 bridgehead atoms. The Morgan fingerprint density at radius 3 is 2.47 bits per heavy atom. The van der Waals surface area contributed by atoms with Gasteiger partial charge in [-0.25, -0.2) is 0 Å². The zero-order chi connectivity index (χ0) is 12.9. The van der Waals surface area contributed by atoms with E-state index in [2.05, 4.69) is 31.0 Å². The predicted octanol–water partition coefficient (Wildman–Crippen LogP) is 2.51. The van der Waals surface area contributed by atoms with E-state index in [1.54, 1.807) is 7.11 Å². The van der Waals surface area contributed by atoms with E-state index in [4.69, 9.17) is 4.74 Å². The molecule has 0 saturated heterocycles. The van der Waals surface area contributed by atoms with Crippen molar-refractivity contribution in [1.29, 1.82) is 0 Å². The van der Waals surface area contributed by atoms with Crippen LogP contribution in [0.2, 0.25) is 0 Å². The van der Waals surface area contributed by atoms with Crippen LogP contribution in [0.1, 0.15) is 46.5 Å². The van der Waals surface area contributed by atoms with Crippen molar-refractivity contribution in [2.75, 3.05) is 39.9 Å². The first-order chi connectivity index (χ1) is 8.26. The van der Waals surface area contributed by atoms with E-state index in [1.165, 1.54) is 32.4 Å². The van der Waals surface area contributed by atoms with Gasteiger partial charge in [-0.1, -0.05) is 20.3 Å². The molecular weight excluding hydrogens is 212 g/mol. The van der Waals surface area contributed by atoms with Crippen LogP contribution in [0.4, 0.5) is 0 Å². The van der Waals surface area contributed by atoms with Crippen molar-refractivity contribution in [3.8, 4) is 0 Å². The summed E-state index contributed by atoms with van der Waals surface area (Å²) < 4.78 is 5.03. The molecule has 1 unspecified atom stereocenters. The molecule has 0 radical (unpaired) electrons. The van der Waals surface area contributed by atoms with E-state index in [0.29, 0.717) is 6.04 Å². The van der Waals surface area contributed by atoms with E-state index in [1.807, 2.05) is 0 Å². The van der Waals surface area contributed by atoms with Gasteiger partial charge in [-0.3, -0.25) is 4.90 Å². The molecule has 0 aliphatic carbocycles. The van der Waals surface area contributed by atoms with E-state index in [9.17, 15) is 0 Å². The van der Waals surface area contributed by atoms with Crippen LogP contribution in [-0.2, 0) is 4.74 Å². The summed E-state index contributed by atoms with van der Waals surface area (Å²) in [6.45, 7) is 12.3. The monoisotopic (exact) mass is 244 g/mol. The summed E-state index contributed by atoms with van der Waals surface area (Å²) in [6, 6.07) is 0.710. The van der Waals surface area contributed by atoms with Crippen molar-refractivity contribution in [2.45, 2.75) is 52.5 Å². The number of unbranched alkanes of at least 4 members (excludes halogenated alkanes) is 1.